The molecule has 11 rings (SSSR count). The Labute approximate surface area is 599 Å². The smallest absolute Gasteiger partial charge is 0.373 e. The number of hydrogen-bond acceptors (Lipinski definition) is 14. The molecule has 8 aliphatic carbocycles. The van der Waals surface area contributed by atoms with Crippen LogP contribution in [0.15, 0.2) is 121 Å². The fourth-order valence-corrected chi connectivity index (χ4v) is 19.6. The number of hydrogen-bond donors (Lipinski definition) is 7. The lowest BCUT2D eigenvalue weighted by molar-refractivity contribution is -0.686. The van der Waals surface area contributed by atoms with Crippen LogP contribution in [0.2, 0.25) is 0 Å². The van der Waals surface area contributed by atoms with Crippen LogP contribution in [-0.4, -0.2) is 136 Å². The highest BCUT2D eigenvalue weighted by atomic mass is 35.5. The van der Waals surface area contributed by atoms with Crippen LogP contribution in [0.1, 0.15) is 207 Å². The van der Waals surface area contributed by atoms with E-state index < -0.39 is 123 Å². The highest BCUT2D eigenvalue weighted by Gasteiger charge is 2.77. The van der Waals surface area contributed by atoms with Gasteiger partial charge in [-0.05, 0) is 198 Å². The number of Topliss-reactive ketones (excluding diaryl/α,β-unsaturated/α-hetero) is 2. The predicted molar refractivity (Wildman–Crippen MR) is 377 cm³/mol. The number of carbonyl (C=O) groups excluding carboxylic acids is 5. The van der Waals surface area contributed by atoms with E-state index >= 15 is 8.78 Å². The van der Waals surface area contributed by atoms with Crippen molar-refractivity contribution in [1.29, 1.82) is 0 Å². The third kappa shape index (κ3) is 15.2. The molecule has 6 fully saturated rings. The van der Waals surface area contributed by atoms with Gasteiger partial charge in [0.05, 0.1) is 12.2 Å². The summed E-state index contributed by atoms with van der Waals surface area (Å²) in [5.74, 6) is -5.35. The SMILES string of the molecule is CCC(CC)c1cc[n+](CC(=O)O)cc1.CCC(CC)c1cc[n+](CC(=O)OCC(=O)[C@@]2(O)[C@H](C)C[C@H]3[C@@H]4CCC5=CC(=O)C=C[C@]5(C)[C@@]4(F)[C@@H](O)C[C@@]32C)cc1.CCC(CC)c1ccncc1.C[C@@H]1C[C@H]2[C@@H]3CCC4=CC(=O)C=C[C@]4(C)[C@@]3(F)[C@@H](O)C[C@]2(C)[C@@]1(O)C(=O)CO.O=C(O)CCl. The van der Waals surface area contributed by atoms with Crippen LogP contribution < -0.4 is 9.13 Å². The van der Waals surface area contributed by atoms with Crippen molar-refractivity contribution in [2.75, 3.05) is 19.1 Å². The quantitative estimate of drug-likeness (QED) is 0.0333. The number of halogens is 3. The van der Waals surface area contributed by atoms with E-state index in [9.17, 15) is 59.1 Å². The van der Waals surface area contributed by atoms with E-state index in [1.165, 1.54) is 53.8 Å². The molecule has 101 heavy (non-hydrogen) atoms. The summed E-state index contributed by atoms with van der Waals surface area (Å²) >= 11 is 4.74. The summed E-state index contributed by atoms with van der Waals surface area (Å²) < 4.78 is 42.9. The number of aromatic nitrogens is 3. The molecule has 0 aromatic carbocycles. The number of carboxylic acid groups (broad SMARTS) is 2. The third-order valence-electron chi connectivity index (χ3n) is 25.5. The maximum Gasteiger partial charge on any atom is 0.373 e. The second-order valence-electron chi connectivity index (χ2n) is 30.4. The van der Waals surface area contributed by atoms with Crippen LogP contribution in [0.25, 0.3) is 0 Å². The van der Waals surface area contributed by atoms with Crippen LogP contribution in [0, 0.1) is 57.2 Å². The Morgan fingerprint density at radius 3 is 1.29 bits per heavy atom. The van der Waals surface area contributed by atoms with Crippen LogP contribution in [0.5, 0.6) is 0 Å². The number of nitrogens with zero attached hydrogens (tertiary/aromatic N) is 3. The number of aliphatic hydroxyl groups excluding tert-OH is 3. The number of ether oxygens (including phenoxy) is 1. The highest BCUT2D eigenvalue weighted by Crippen LogP contribution is 2.72. The second kappa shape index (κ2) is 33.1. The molecule has 8 aliphatic rings. The number of ketones is 4. The van der Waals surface area contributed by atoms with Crippen molar-refractivity contribution in [2.45, 2.75) is 239 Å². The molecule has 3 heterocycles. The summed E-state index contributed by atoms with van der Waals surface area (Å²) in [6.45, 7) is 22.2. The predicted octanol–water partition coefficient (Wildman–Crippen LogP) is 11.5. The van der Waals surface area contributed by atoms with Gasteiger partial charge in [0.15, 0.2) is 60.1 Å². The number of rotatable bonds is 19. The first-order valence-electron chi connectivity index (χ1n) is 36.3. The maximum atomic E-state index is 17.3. The van der Waals surface area contributed by atoms with Gasteiger partial charge in [-0.1, -0.05) is 92.5 Å². The third-order valence-corrected chi connectivity index (χ3v) is 25.7. The molecule has 554 valence electrons. The molecular formula is C80H110ClF2N3O15+2. The molecule has 3 aromatic rings. The van der Waals surface area contributed by atoms with Crippen molar-refractivity contribution >= 4 is 52.6 Å². The molecular weight excluding hydrogens is 1320 g/mol. The Hall–Kier alpha value is -6.55. The zero-order chi connectivity index (χ0) is 75.0. The number of carbonyl (C=O) groups is 7. The Morgan fingerprint density at radius 1 is 0.584 bits per heavy atom. The van der Waals surface area contributed by atoms with E-state index in [1.807, 2.05) is 61.4 Å². The van der Waals surface area contributed by atoms with E-state index in [4.69, 9.17) is 26.6 Å². The maximum absolute atomic E-state index is 17.3. The summed E-state index contributed by atoms with van der Waals surface area (Å²) in [5.41, 5.74) is -6.74. The average Bonchev–Trinajstić information content (AvgIpc) is 1.62. The number of aliphatic hydroxyl groups is 5. The van der Waals surface area contributed by atoms with Gasteiger partial charge in [-0.3, -0.25) is 29.0 Å². The van der Waals surface area contributed by atoms with Gasteiger partial charge in [-0.2, -0.15) is 9.13 Å². The largest absolute Gasteiger partial charge is 0.480 e. The fourth-order valence-electron chi connectivity index (χ4n) is 19.6. The number of carboxylic acids is 2. The minimum Gasteiger partial charge on any atom is -0.480 e. The van der Waals surface area contributed by atoms with Gasteiger partial charge in [0.1, 0.15) is 23.7 Å². The van der Waals surface area contributed by atoms with Gasteiger partial charge in [0, 0.05) is 70.2 Å². The summed E-state index contributed by atoms with van der Waals surface area (Å²) in [5, 5.41) is 71.7. The lowest BCUT2D eigenvalue weighted by atomic mass is 9.44. The number of alkyl halides is 3. The van der Waals surface area contributed by atoms with Gasteiger partial charge < -0.3 is 40.5 Å². The van der Waals surface area contributed by atoms with Gasteiger partial charge in [0.25, 0.3) is 0 Å². The summed E-state index contributed by atoms with van der Waals surface area (Å²) in [7, 11) is 0. The van der Waals surface area contributed by atoms with Crippen molar-refractivity contribution in [2.24, 2.45) is 57.2 Å². The van der Waals surface area contributed by atoms with Gasteiger partial charge in [-0.15, -0.1) is 11.6 Å². The molecule has 18 nitrogen and oxygen atoms in total. The molecule has 3 aromatic heterocycles. The van der Waals surface area contributed by atoms with Gasteiger partial charge >= 0.3 is 17.9 Å². The molecule has 0 saturated heterocycles. The highest BCUT2D eigenvalue weighted by molar-refractivity contribution is 6.26. The van der Waals surface area contributed by atoms with E-state index in [0.29, 0.717) is 61.5 Å². The van der Waals surface area contributed by atoms with Crippen molar-refractivity contribution in [3.05, 3.63) is 138 Å². The van der Waals surface area contributed by atoms with E-state index in [2.05, 4.69) is 58.7 Å². The molecule has 0 amide bonds. The molecule has 0 bridgehead atoms. The first-order valence-corrected chi connectivity index (χ1v) is 36.9. The molecule has 7 N–H and O–H groups in total. The number of allylic oxidation sites excluding steroid dienone is 8. The number of esters is 1. The number of pyridine rings is 3. The van der Waals surface area contributed by atoms with E-state index in [0.717, 1.165) is 31.6 Å². The average molecular weight is 1430 g/mol. The molecule has 16 atom stereocenters. The van der Waals surface area contributed by atoms with Crippen LogP contribution in [0.4, 0.5) is 8.78 Å². The minimum absolute atomic E-state index is 0.0309. The molecule has 0 radical (unpaired) electrons. The van der Waals surface area contributed by atoms with Crippen LogP contribution in [0.3, 0.4) is 0 Å². The van der Waals surface area contributed by atoms with E-state index in [-0.39, 0.29) is 55.2 Å². The first-order chi connectivity index (χ1) is 47.5. The Kier molecular flexibility index (Phi) is 26.8. The number of aliphatic carboxylic acids is 2. The van der Waals surface area contributed by atoms with Crippen LogP contribution >= 0.6 is 11.6 Å². The molecule has 21 heteroatoms. The Bertz CT molecular complexity index is 3580. The zero-order valence-corrected chi connectivity index (χ0v) is 61.8. The van der Waals surface area contributed by atoms with Gasteiger partial charge in [-0.25, -0.2) is 18.4 Å². The molecule has 0 aliphatic heterocycles. The lowest BCUT2D eigenvalue weighted by Gasteiger charge is -2.62. The Balaban J connectivity index is 0.000000206. The van der Waals surface area contributed by atoms with E-state index in [1.54, 1.807) is 62.8 Å². The van der Waals surface area contributed by atoms with Crippen molar-refractivity contribution in [3.63, 3.8) is 0 Å². The second-order valence-corrected chi connectivity index (χ2v) is 30.6. The standard InChI is InChI=1S/C34H45FNO6.C22H29FO5.C12H17NO2.C10H15N.C2H3ClO2/c1-6-22(7-2)23-11-14-36(15-12-23)19-30(40)42-20-29(39)34(41)21(3)16-27-26-9-8-24-17-25(37)10-13-31(24,4)33(26,35)28(38)18-32(27,34)5;1-12-8-16-15-5-4-13-9-14(25)6-7-19(13,2)21(15,23)17(26)10-20(16,3)22(12,28)18(27)11-24;1-3-10(4-2)11-5-7-13(8-6-11)9-12(14)15;1-3-9(4-2)10-5-7-11-8-6-10;3-1-2(4)5/h10-15,17,21-22,26-28,38,41H,6-9,16,18-20H2,1-5H3;6-7,9,12,15-17,24,26,28H,4-5,8,10-11H2,1-3H3;5-8,10H,3-4,9H2,1-2H3;5-9H,3-4H2,1-2H3;1H2,(H,4,5)/q+1;;;;/p+1/t21-,26+,27+,28+,31+,32+,33+,34+;12-,15+,16+,17+,19+,20+,21+,22+;;;/m11.../s1. The summed E-state index contributed by atoms with van der Waals surface area (Å²) in [6.07, 6.45) is 26.5. The Morgan fingerprint density at radius 2 is 0.941 bits per heavy atom. The van der Waals surface area contributed by atoms with Gasteiger partial charge in [0.2, 0.25) is 18.9 Å². The number of fused-ring (bicyclic) bond motifs is 10. The summed E-state index contributed by atoms with van der Waals surface area (Å²) in [6, 6.07) is 12.2. The van der Waals surface area contributed by atoms with Crippen molar-refractivity contribution < 1.29 is 92.0 Å². The normalized spacial score (nSPS) is 33.8. The zero-order valence-electron chi connectivity index (χ0n) is 61.1. The van der Waals surface area contributed by atoms with Crippen molar-refractivity contribution in [1.82, 2.24) is 4.98 Å². The monoisotopic (exact) mass is 1430 g/mol. The molecule has 6 saturated carbocycles. The first kappa shape index (κ1) is 81.7. The molecule has 0 unspecified atom stereocenters. The van der Waals surface area contributed by atoms with Crippen molar-refractivity contribution in [3.8, 4) is 0 Å². The fraction of sp³-hybridized carbons (Fsp3) is 0.625. The van der Waals surface area contributed by atoms with Crippen LogP contribution in [-0.2, 0) is 51.4 Å². The molecule has 0 spiro atoms. The summed E-state index contributed by atoms with van der Waals surface area (Å²) in [4.78, 5) is 86.5. The topological polar surface area (TPSA) is 291 Å². The minimum atomic E-state index is -2.04. The lowest BCUT2D eigenvalue weighted by Crippen LogP contribution is -2.69.